The molecule has 2 unspecified atom stereocenters. The zero-order chi connectivity index (χ0) is 29.2. The lowest BCUT2D eigenvalue weighted by atomic mass is 9.72. The maximum Gasteiger partial charge on any atom is 0.271 e. The van der Waals surface area contributed by atoms with Crippen molar-refractivity contribution in [3.05, 3.63) is 76.5 Å². The second kappa shape index (κ2) is 9.62. The van der Waals surface area contributed by atoms with Gasteiger partial charge in [-0.05, 0) is 35.1 Å². The Bertz CT molecular complexity index is 1560. The normalized spacial score (nSPS) is 24.8. The fraction of sp³-hybridized carbons (Fsp3) is 0.400. The second-order valence-electron chi connectivity index (χ2n) is 11.6. The van der Waals surface area contributed by atoms with Gasteiger partial charge in [-0.3, -0.25) is 14.4 Å². The van der Waals surface area contributed by atoms with Crippen molar-refractivity contribution >= 4 is 23.4 Å². The van der Waals surface area contributed by atoms with E-state index in [-0.39, 0.29) is 35.6 Å². The Balaban J connectivity index is 1.59. The molecule has 0 saturated heterocycles. The summed E-state index contributed by atoms with van der Waals surface area (Å²) in [5, 5.41) is 19.5. The van der Waals surface area contributed by atoms with Crippen LogP contribution in [0, 0.1) is 11.8 Å². The minimum absolute atomic E-state index is 0.0468. The lowest BCUT2D eigenvalue weighted by molar-refractivity contribution is -0.135. The molecule has 2 aromatic carbocycles. The minimum Gasteiger partial charge on any atom is -0.469 e. The first kappa shape index (κ1) is 26.8. The van der Waals surface area contributed by atoms with Gasteiger partial charge in [0.25, 0.3) is 5.91 Å². The number of nitrogens with two attached hydrogens (primary N) is 1. The molecule has 0 saturated carbocycles. The third-order valence-corrected chi connectivity index (χ3v) is 8.18. The lowest BCUT2D eigenvalue weighted by Crippen LogP contribution is -2.52. The molecule has 5 atom stereocenters. The van der Waals surface area contributed by atoms with E-state index >= 15 is 0 Å². The summed E-state index contributed by atoms with van der Waals surface area (Å²) >= 11 is 0. The highest BCUT2D eigenvalue weighted by Crippen LogP contribution is 2.58. The number of carbonyl (C=O) groups excluding carboxylic acids is 3. The average molecular weight is 560 g/mol. The molecule has 0 fully saturated rings. The molecule has 0 aliphatic carbocycles. The molecule has 1 spiro atoms. The van der Waals surface area contributed by atoms with Gasteiger partial charge in [0.05, 0.1) is 0 Å². The van der Waals surface area contributed by atoms with E-state index in [2.05, 4.69) is 20.9 Å². The van der Waals surface area contributed by atoms with E-state index in [1.807, 2.05) is 50.2 Å². The van der Waals surface area contributed by atoms with Crippen LogP contribution in [0.1, 0.15) is 72.6 Å². The standard InChI is InChI=1S/C30H33N5O6/c1-13(2)21-28-35-22(25(31)37)24(41-28)30-16-7-5-6-8-18(16)33-29(30)40-20-10-9-15(11-17(20)30)12-19(26(38)34-21)32-27(39)23(36)14(3)4/h5-11,13-14,19,21,23,29,33,36H,12H2,1-4H3,(H2,31,37)(H,32,39)(H,34,38)/t19-,21-,23-,29?,30?/m0/s1. The van der Waals surface area contributed by atoms with E-state index < -0.39 is 47.6 Å². The number of fused-ring (bicyclic) bond motifs is 4. The number of carbonyl (C=O) groups is 3. The second-order valence-corrected chi connectivity index (χ2v) is 11.6. The van der Waals surface area contributed by atoms with Crippen LogP contribution >= 0.6 is 0 Å². The molecule has 214 valence electrons. The fourth-order valence-electron chi connectivity index (χ4n) is 6.03. The number of hydrogen-bond donors (Lipinski definition) is 5. The Morgan fingerprint density at radius 3 is 2.59 bits per heavy atom. The number of ether oxygens (including phenoxy) is 1. The topological polar surface area (TPSA) is 169 Å². The first-order chi connectivity index (χ1) is 19.5. The zero-order valence-corrected chi connectivity index (χ0v) is 23.2. The predicted octanol–water partition coefficient (Wildman–Crippen LogP) is 2.12. The number of nitrogens with one attached hydrogen (secondary N) is 3. The van der Waals surface area contributed by atoms with E-state index in [1.165, 1.54) is 0 Å². The summed E-state index contributed by atoms with van der Waals surface area (Å²) in [6.07, 6.45) is -1.79. The molecule has 0 radical (unpaired) electrons. The Labute approximate surface area is 236 Å². The van der Waals surface area contributed by atoms with Gasteiger partial charge < -0.3 is 35.9 Å². The third kappa shape index (κ3) is 4.06. The van der Waals surface area contributed by atoms with E-state index in [4.69, 9.17) is 14.9 Å². The SMILES string of the molecule is CC(C)[C@H](O)C(=O)N[C@H]1Cc2ccc3c(c2)C2(c4ccccc4NC2O3)c2oc(nc2C(N)=O)[C@H](C(C)C)NC1=O. The highest BCUT2D eigenvalue weighted by molar-refractivity contribution is 5.94. The minimum atomic E-state index is -1.28. The number of aromatic nitrogens is 1. The van der Waals surface area contributed by atoms with Crippen molar-refractivity contribution in [1.82, 2.24) is 15.6 Å². The summed E-state index contributed by atoms with van der Waals surface area (Å²) in [6, 6.07) is 11.5. The van der Waals surface area contributed by atoms with Crippen molar-refractivity contribution < 1.29 is 28.6 Å². The van der Waals surface area contributed by atoms with Gasteiger partial charge in [-0.2, -0.15) is 0 Å². The molecule has 6 N–H and O–H groups in total. The number of anilines is 1. The first-order valence-corrected chi connectivity index (χ1v) is 13.8. The maximum atomic E-state index is 13.7. The highest BCUT2D eigenvalue weighted by atomic mass is 16.5. The van der Waals surface area contributed by atoms with Crippen molar-refractivity contribution in [3.8, 4) is 5.75 Å². The van der Waals surface area contributed by atoms with Crippen LogP contribution in [0.2, 0.25) is 0 Å². The molecular weight excluding hydrogens is 526 g/mol. The number of nitrogens with zero attached hydrogens (tertiary/aromatic N) is 1. The largest absolute Gasteiger partial charge is 0.469 e. The lowest BCUT2D eigenvalue weighted by Gasteiger charge is -2.29. The van der Waals surface area contributed by atoms with Crippen LogP contribution < -0.4 is 26.4 Å². The summed E-state index contributed by atoms with van der Waals surface area (Å²) in [5.74, 6) is -1.50. The molecule has 1 aromatic heterocycles. The van der Waals surface area contributed by atoms with Crippen molar-refractivity contribution in [2.24, 2.45) is 17.6 Å². The van der Waals surface area contributed by atoms with Crippen LogP contribution in [-0.2, 0) is 21.4 Å². The van der Waals surface area contributed by atoms with Crippen LogP contribution in [0.4, 0.5) is 5.69 Å². The number of benzene rings is 2. The van der Waals surface area contributed by atoms with Gasteiger partial charge >= 0.3 is 0 Å². The van der Waals surface area contributed by atoms with Crippen molar-refractivity contribution in [3.63, 3.8) is 0 Å². The molecule has 4 heterocycles. The molecule has 11 heteroatoms. The van der Waals surface area contributed by atoms with Gasteiger partial charge in [-0.15, -0.1) is 0 Å². The van der Waals surface area contributed by atoms with Gasteiger partial charge in [0, 0.05) is 17.7 Å². The summed E-state index contributed by atoms with van der Waals surface area (Å²) < 4.78 is 12.9. The summed E-state index contributed by atoms with van der Waals surface area (Å²) in [7, 11) is 0. The third-order valence-electron chi connectivity index (χ3n) is 8.18. The van der Waals surface area contributed by atoms with Crippen LogP contribution in [0.5, 0.6) is 5.75 Å². The van der Waals surface area contributed by atoms with Crippen LogP contribution in [0.3, 0.4) is 0 Å². The number of aliphatic hydroxyl groups is 1. The summed E-state index contributed by atoms with van der Waals surface area (Å²) in [6.45, 7) is 7.21. The maximum absolute atomic E-state index is 13.7. The number of oxazole rings is 1. The monoisotopic (exact) mass is 559 g/mol. The Kier molecular flexibility index (Phi) is 6.29. The number of rotatable bonds is 5. The molecule has 4 bridgehead atoms. The van der Waals surface area contributed by atoms with Crippen LogP contribution in [-0.4, -0.2) is 46.2 Å². The fourth-order valence-corrected chi connectivity index (χ4v) is 6.03. The number of para-hydroxylation sites is 1. The molecule has 41 heavy (non-hydrogen) atoms. The average Bonchev–Trinajstić information content (AvgIpc) is 3.59. The van der Waals surface area contributed by atoms with E-state index in [9.17, 15) is 19.5 Å². The van der Waals surface area contributed by atoms with Gasteiger partial charge in [-0.25, -0.2) is 4.98 Å². The van der Waals surface area contributed by atoms with Crippen LogP contribution in [0.25, 0.3) is 0 Å². The molecule has 3 aromatic rings. The molecule has 6 rings (SSSR count). The van der Waals surface area contributed by atoms with E-state index in [0.29, 0.717) is 5.75 Å². The van der Waals surface area contributed by atoms with Crippen molar-refractivity contribution in [2.45, 2.75) is 63.9 Å². The Hall–Kier alpha value is -4.38. The van der Waals surface area contributed by atoms with Gasteiger partial charge in [-0.1, -0.05) is 58.0 Å². The molecule has 11 nitrogen and oxygen atoms in total. The predicted molar refractivity (Wildman–Crippen MR) is 148 cm³/mol. The van der Waals surface area contributed by atoms with Gasteiger partial charge in [0.2, 0.25) is 17.7 Å². The smallest absolute Gasteiger partial charge is 0.271 e. The van der Waals surface area contributed by atoms with Crippen LogP contribution in [0.15, 0.2) is 46.9 Å². The quantitative estimate of drug-likeness (QED) is 0.317. The van der Waals surface area contributed by atoms with Gasteiger partial charge in [0.15, 0.2) is 17.7 Å². The number of amides is 3. The van der Waals surface area contributed by atoms with Gasteiger partial charge in [0.1, 0.15) is 29.4 Å². The number of primary amides is 1. The summed E-state index contributed by atoms with van der Waals surface area (Å²) in [5.41, 5.74) is 7.83. The Morgan fingerprint density at radius 2 is 1.88 bits per heavy atom. The molecular formula is C30H33N5O6. The first-order valence-electron chi connectivity index (χ1n) is 13.8. The molecule has 3 aliphatic heterocycles. The molecule has 3 amide bonds. The van der Waals surface area contributed by atoms with E-state index in [0.717, 1.165) is 22.4 Å². The highest BCUT2D eigenvalue weighted by Gasteiger charge is 2.61. The number of hydrogen-bond acceptors (Lipinski definition) is 8. The zero-order valence-electron chi connectivity index (χ0n) is 23.2. The summed E-state index contributed by atoms with van der Waals surface area (Å²) in [4.78, 5) is 44.0. The van der Waals surface area contributed by atoms with Crippen molar-refractivity contribution in [1.29, 1.82) is 0 Å². The number of aliphatic hydroxyl groups excluding tert-OH is 1. The van der Waals surface area contributed by atoms with Crippen molar-refractivity contribution in [2.75, 3.05) is 5.32 Å². The Morgan fingerprint density at radius 1 is 1.12 bits per heavy atom. The van der Waals surface area contributed by atoms with E-state index in [1.54, 1.807) is 19.9 Å². The molecule has 3 aliphatic rings.